The molecule has 4 aliphatic heterocycles. The lowest BCUT2D eigenvalue weighted by Gasteiger charge is -2.14. The Bertz CT molecular complexity index is 855. The van der Waals surface area contributed by atoms with Gasteiger partial charge in [0.05, 0.1) is 13.2 Å². The first-order valence-corrected chi connectivity index (χ1v) is 8.37. The molecule has 0 spiro atoms. The van der Waals surface area contributed by atoms with Crippen LogP contribution >= 0.6 is 0 Å². The molecule has 4 aromatic rings. The highest BCUT2D eigenvalue weighted by atomic mass is 16.5. The zero-order valence-corrected chi connectivity index (χ0v) is 13.0. The molecule has 0 saturated heterocycles. The van der Waals surface area contributed by atoms with E-state index in [1.165, 1.54) is 32.3 Å². The van der Waals surface area contributed by atoms with Gasteiger partial charge in [-0.2, -0.15) is 0 Å². The van der Waals surface area contributed by atoms with Crippen LogP contribution in [0.4, 0.5) is 0 Å². The van der Waals surface area contributed by atoms with E-state index < -0.39 is 0 Å². The van der Waals surface area contributed by atoms with Gasteiger partial charge < -0.3 is 9.47 Å². The summed E-state index contributed by atoms with van der Waals surface area (Å²) < 4.78 is 12.0. The lowest BCUT2D eigenvalue weighted by molar-refractivity contribution is 0.280. The summed E-state index contributed by atoms with van der Waals surface area (Å²) >= 11 is 0. The summed E-state index contributed by atoms with van der Waals surface area (Å²) in [5, 5.41) is 7.65. The Morgan fingerprint density at radius 3 is 1.30 bits per heavy atom. The first kappa shape index (κ1) is 13.0. The molecule has 2 nitrogen and oxygen atoms in total. The second kappa shape index (κ2) is 5.02. The number of fused-ring (bicyclic) bond motifs is 2. The van der Waals surface area contributed by atoms with E-state index in [0.717, 1.165) is 44.0 Å². The monoisotopic (exact) mass is 302 g/mol. The SMILES string of the molecule is c1cc2cc3cc4ccc5cc(cc1c5c24)OCCCCCO3. The van der Waals surface area contributed by atoms with Crippen LogP contribution in [0.2, 0.25) is 0 Å². The van der Waals surface area contributed by atoms with E-state index >= 15 is 0 Å². The van der Waals surface area contributed by atoms with E-state index in [4.69, 9.17) is 9.47 Å². The molecule has 0 saturated carbocycles. The van der Waals surface area contributed by atoms with E-state index in [1.54, 1.807) is 0 Å². The van der Waals surface area contributed by atoms with Gasteiger partial charge in [-0.25, -0.2) is 0 Å². The third kappa shape index (κ3) is 2.09. The van der Waals surface area contributed by atoms with E-state index in [0.29, 0.717) is 0 Å². The molecular formula is C21H18O2. The molecule has 8 bridgehead atoms. The first-order chi connectivity index (χ1) is 11.4. The third-order valence-electron chi connectivity index (χ3n) is 4.81. The molecule has 0 radical (unpaired) electrons. The number of ether oxygens (including phenoxy) is 2. The maximum atomic E-state index is 5.98. The summed E-state index contributed by atoms with van der Waals surface area (Å²) in [7, 11) is 0. The van der Waals surface area contributed by atoms with E-state index in [2.05, 4.69) is 48.5 Å². The largest absolute Gasteiger partial charge is 0.494 e. The van der Waals surface area contributed by atoms with Gasteiger partial charge >= 0.3 is 0 Å². The minimum Gasteiger partial charge on any atom is -0.494 e. The maximum absolute atomic E-state index is 5.98. The average Bonchev–Trinajstić information content (AvgIpc) is 2.59. The smallest absolute Gasteiger partial charge is 0.120 e. The van der Waals surface area contributed by atoms with Gasteiger partial charge in [-0.15, -0.1) is 0 Å². The van der Waals surface area contributed by atoms with Crippen molar-refractivity contribution in [2.45, 2.75) is 19.3 Å². The normalized spacial score (nSPS) is 15.7. The fourth-order valence-electron chi connectivity index (χ4n) is 3.71. The summed E-state index contributed by atoms with van der Waals surface area (Å²) in [5.41, 5.74) is 0. The van der Waals surface area contributed by atoms with Crippen molar-refractivity contribution in [3.05, 3.63) is 48.5 Å². The van der Waals surface area contributed by atoms with Crippen molar-refractivity contribution in [3.63, 3.8) is 0 Å². The Labute approximate surface area is 135 Å². The molecule has 0 N–H and O–H groups in total. The molecule has 2 heteroatoms. The number of hydrogen-bond acceptors (Lipinski definition) is 2. The Kier molecular flexibility index (Phi) is 2.84. The molecule has 0 aromatic heterocycles. The van der Waals surface area contributed by atoms with Crippen molar-refractivity contribution >= 4 is 32.3 Å². The summed E-state index contributed by atoms with van der Waals surface area (Å²) in [6.45, 7) is 1.54. The molecule has 4 heterocycles. The number of rotatable bonds is 0. The third-order valence-corrected chi connectivity index (χ3v) is 4.81. The van der Waals surface area contributed by atoms with Gasteiger partial charge in [0, 0.05) is 0 Å². The fraction of sp³-hybridized carbons (Fsp3) is 0.238. The van der Waals surface area contributed by atoms with Crippen LogP contribution < -0.4 is 9.47 Å². The molecular weight excluding hydrogens is 284 g/mol. The van der Waals surface area contributed by atoms with Gasteiger partial charge in [0.2, 0.25) is 0 Å². The maximum Gasteiger partial charge on any atom is 0.120 e. The molecule has 0 fully saturated rings. The Morgan fingerprint density at radius 1 is 0.522 bits per heavy atom. The summed E-state index contributed by atoms with van der Waals surface area (Å²) in [4.78, 5) is 0. The van der Waals surface area contributed by atoms with E-state index in [-0.39, 0.29) is 0 Å². The van der Waals surface area contributed by atoms with Gasteiger partial charge in [-0.05, 0) is 75.8 Å². The van der Waals surface area contributed by atoms with Crippen LogP contribution in [0.3, 0.4) is 0 Å². The van der Waals surface area contributed by atoms with Crippen LogP contribution in [0, 0.1) is 0 Å². The lowest BCUT2D eigenvalue weighted by Crippen LogP contribution is -2.00. The van der Waals surface area contributed by atoms with Crippen LogP contribution in [0.5, 0.6) is 11.5 Å². The lowest BCUT2D eigenvalue weighted by atomic mass is 9.94. The van der Waals surface area contributed by atoms with Crippen molar-refractivity contribution in [2.24, 2.45) is 0 Å². The van der Waals surface area contributed by atoms with Crippen LogP contribution in [-0.2, 0) is 0 Å². The zero-order chi connectivity index (χ0) is 15.2. The Morgan fingerprint density at radius 2 is 0.913 bits per heavy atom. The van der Waals surface area contributed by atoms with Gasteiger partial charge in [-0.3, -0.25) is 0 Å². The predicted molar refractivity (Wildman–Crippen MR) is 95.0 cm³/mol. The highest BCUT2D eigenvalue weighted by Gasteiger charge is 2.12. The Balaban J connectivity index is 1.87. The van der Waals surface area contributed by atoms with Crippen molar-refractivity contribution < 1.29 is 9.47 Å². The van der Waals surface area contributed by atoms with Crippen molar-refractivity contribution in [2.75, 3.05) is 13.2 Å². The molecule has 0 unspecified atom stereocenters. The summed E-state index contributed by atoms with van der Waals surface area (Å²) in [6, 6.07) is 17.5. The zero-order valence-electron chi connectivity index (χ0n) is 13.0. The van der Waals surface area contributed by atoms with Gasteiger partial charge in [0.15, 0.2) is 0 Å². The molecule has 8 rings (SSSR count). The van der Waals surface area contributed by atoms with E-state index in [1.807, 2.05) is 0 Å². The molecule has 114 valence electrons. The highest BCUT2D eigenvalue weighted by Crippen LogP contribution is 2.38. The van der Waals surface area contributed by atoms with Crippen LogP contribution in [0.15, 0.2) is 48.5 Å². The minimum atomic E-state index is 0.770. The molecule has 0 amide bonds. The highest BCUT2D eigenvalue weighted by molar-refractivity contribution is 6.23. The van der Waals surface area contributed by atoms with Crippen LogP contribution in [-0.4, -0.2) is 13.2 Å². The minimum absolute atomic E-state index is 0.770. The quantitative estimate of drug-likeness (QED) is 0.398. The fourth-order valence-corrected chi connectivity index (χ4v) is 3.71. The summed E-state index contributed by atoms with van der Waals surface area (Å²) in [6.07, 6.45) is 3.26. The number of hydrogen-bond donors (Lipinski definition) is 0. The second-order valence-corrected chi connectivity index (χ2v) is 6.38. The topological polar surface area (TPSA) is 18.5 Å². The number of benzene rings is 4. The van der Waals surface area contributed by atoms with Gasteiger partial charge in [0.25, 0.3) is 0 Å². The molecule has 4 aliphatic rings. The predicted octanol–water partition coefficient (Wildman–Crippen LogP) is 5.53. The summed E-state index contributed by atoms with van der Waals surface area (Å²) in [5.74, 6) is 1.95. The van der Waals surface area contributed by atoms with Crippen molar-refractivity contribution in [1.82, 2.24) is 0 Å². The van der Waals surface area contributed by atoms with Gasteiger partial charge in [-0.1, -0.05) is 24.3 Å². The molecule has 0 aliphatic carbocycles. The van der Waals surface area contributed by atoms with Crippen molar-refractivity contribution in [1.29, 1.82) is 0 Å². The average molecular weight is 302 g/mol. The molecule has 4 aromatic carbocycles. The molecule has 23 heavy (non-hydrogen) atoms. The second-order valence-electron chi connectivity index (χ2n) is 6.38. The van der Waals surface area contributed by atoms with E-state index in [9.17, 15) is 0 Å². The Hall–Kier alpha value is -2.48. The van der Waals surface area contributed by atoms with Gasteiger partial charge in [0.1, 0.15) is 11.5 Å². The van der Waals surface area contributed by atoms with Crippen LogP contribution in [0.1, 0.15) is 19.3 Å². The standard InChI is InChI=1S/C21H18O2/c1-2-8-22-18-10-14-4-6-16-12-19(23-9-3-1)13-17-7-5-15(11-18)20(14)21(16)17/h4-7,10-13H,1-3,8-9H2. The van der Waals surface area contributed by atoms with Crippen molar-refractivity contribution in [3.8, 4) is 11.5 Å². The molecule has 0 atom stereocenters. The van der Waals surface area contributed by atoms with Crippen LogP contribution in [0.25, 0.3) is 32.3 Å². The first-order valence-electron chi connectivity index (χ1n) is 8.37.